The van der Waals surface area contributed by atoms with E-state index in [0.29, 0.717) is 19.6 Å². The molecule has 0 aliphatic carbocycles. The molecule has 166 valence electrons. The minimum atomic E-state index is -1.16. The molecule has 1 saturated heterocycles. The lowest BCUT2D eigenvalue weighted by Gasteiger charge is -2.29. The van der Waals surface area contributed by atoms with Gasteiger partial charge in [0.25, 0.3) is 0 Å². The Morgan fingerprint density at radius 1 is 1.29 bits per heavy atom. The Kier molecular flexibility index (Phi) is 7.62. The highest BCUT2D eigenvalue weighted by Crippen LogP contribution is 2.41. The quantitative estimate of drug-likeness (QED) is 0.453. The van der Waals surface area contributed by atoms with Gasteiger partial charge in [0.1, 0.15) is 0 Å². The standard InChI is InChI=1S/C24H30N2O4S/c1-17-7-4-5-8-20(17)24(15-22(28)26(23(24)29)10-6-11-30-3)14-21(27)25-18(2)13-19-9-12-31-16-19/h4-5,7-9,12,16,18H,6,10-11,13-15H2,1-3H3,(H,25,27)/t18-,24-/m1/s1. The van der Waals surface area contributed by atoms with E-state index in [1.165, 1.54) is 10.5 Å². The van der Waals surface area contributed by atoms with E-state index in [4.69, 9.17) is 4.74 Å². The van der Waals surface area contributed by atoms with Crippen LogP contribution in [-0.4, -0.2) is 48.9 Å². The second-order valence-corrected chi connectivity index (χ2v) is 9.03. The average Bonchev–Trinajstić information content (AvgIpc) is 3.30. The first kappa shape index (κ1) is 23.2. The number of aryl methyl sites for hydroxylation is 1. The molecule has 2 heterocycles. The van der Waals surface area contributed by atoms with E-state index in [-0.39, 0.29) is 36.6 Å². The number of likely N-dealkylation sites (tertiary alicyclic amines) is 1. The summed E-state index contributed by atoms with van der Waals surface area (Å²) >= 11 is 1.62. The molecule has 1 aromatic heterocycles. The number of rotatable bonds is 10. The Morgan fingerprint density at radius 2 is 2.06 bits per heavy atom. The number of carbonyl (C=O) groups excluding carboxylic acids is 3. The number of thiophene rings is 1. The Balaban J connectivity index is 1.82. The van der Waals surface area contributed by atoms with E-state index < -0.39 is 5.41 Å². The van der Waals surface area contributed by atoms with Gasteiger partial charge in [0, 0.05) is 39.1 Å². The molecule has 0 bridgehead atoms. The Hall–Kier alpha value is -2.51. The fraction of sp³-hybridized carbons (Fsp3) is 0.458. The van der Waals surface area contributed by atoms with Crippen LogP contribution in [0.25, 0.3) is 0 Å². The topological polar surface area (TPSA) is 75.7 Å². The molecule has 1 aliphatic heterocycles. The van der Waals surface area contributed by atoms with Crippen LogP contribution in [0.15, 0.2) is 41.1 Å². The normalized spacial score (nSPS) is 19.6. The Bertz CT molecular complexity index is 927. The molecule has 6 nitrogen and oxygen atoms in total. The van der Waals surface area contributed by atoms with Crippen LogP contribution in [0.1, 0.15) is 42.9 Å². The lowest BCUT2D eigenvalue weighted by molar-refractivity contribution is -0.141. The zero-order valence-electron chi connectivity index (χ0n) is 18.3. The molecule has 1 N–H and O–H groups in total. The molecule has 7 heteroatoms. The zero-order chi connectivity index (χ0) is 22.4. The minimum Gasteiger partial charge on any atom is -0.385 e. The van der Waals surface area contributed by atoms with Gasteiger partial charge < -0.3 is 10.1 Å². The number of carbonyl (C=O) groups is 3. The number of imide groups is 1. The summed E-state index contributed by atoms with van der Waals surface area (Å²) in [6.07, 6.45) is 1.26. The number of hydrogen-bond acceptors (Lipinski definition) is 5. The number of amides is 3. The van der Waals surface area contributed by atoms with Gasteiger partial charge >= 0.3 is 0 Å². The molecule has 31 heavy (non-hydrogen) atoms. The van der Waals surface area contributed by atoms with Crippen LogP contribution in [-0.2, 0) is 31.0 Å². The van der Waals surface area contributed by atoms with Crippen molar-refractivity contribution in [2.24, 2.45) is 0 Å². The Morgan fingerprint density at radius 3 is 2.74 bits per heavy atom. The zero-order valence-corrected chi connectivity index (χ0v) is 19.2. The van der Waals surface area contributed by atoms with Crippen LogP contribution in [0.4, 0.5) is 0 Å². The highest BCUT2D eigenvalue weighted by atomic mass is 32.1. The second kappa shape index (κ2) is 10.2. The smallest absolute Gasteiger partial charge is 0.240 e. The van der Waals surface area contributed by atoms with E-state index in [1.807, 2.05) is 49.6 Å². The molecular weight excluding hydrogens is 412 g/mol. The first-order valence-corrected chi connectivity index (χ1v) is 11.5. The molecular formula is C24H30N2O4S. The van der Waals surface area contributed by atoms with Crippen molar-refractivity contribution in [3.63, 3.8) is 0 Å². The minimum absolute atomic E-state index is 0.00992. The number of nitrogens with one attached hydrogen (secondary N) is 1. The summed E-state index contributed by atoms with van der Waals surface area (Å²) < 4.78 is 5.07. The maximum Gasteiger partial charge on any atom is 0.240 e. The lowest BCUT2D eigenvalue weighted by Crippen LogP contribution is -2.44. The molecule has 1 aromatic carbocycles. The summed E-state index contributed by atoms with van der Waals surface area (Å²) in [7, 11) is 1.59. The van der Waals surface area contributed by atoms with E-state index >= 15 is 0 Å². The third-order valence-electron chi connectivity index (χ3n) is 5.79. The van der Waals surface area contributed by atoms with E-state index in [0.717, 1.165) is 17.5 Å². The third-order valence-corrected chi connectivity index (χ3v) is 6.52. The van der Waals surface area contributed by atoms with Crippen LogP contribution in [0.2, 0.25) is 0 Å². The maximum absolute atomic E-state index is 13.5. The maximum atomic E-state index is 13.5. The molecule has 1 fully saturated rings. The molecule has 0 radical (unpaired) electrons. The summed E-state index contributed by atoms with van der Waals surface area (Å²) in [5.41, 5.74) is 1.66. The number of benzene rings is 1. The van der Waals surface area contributed by atoms with Gasteiger partial charge in [-0.1, -0.05) is 24.3 Å². The first-order valence-electron chi connectivity index (χ1n) is 10.6. The van der Waals surface area contributed by atoms with Gasteiger partial charge in [-0.2, -0.15) is 11.3 Å². The summed E-state index contributed by atoms with van der Waals surface area (Å²) in [6, 6.07) is 9.50. The van der Waals surface area contributed by atoms with Crippen molar-refractivity contribution in [3.05, 3.63) is 57.8 Å². The van der Waals surface area contributed by atoms with Gasteiger partial charge in [-0.15, -0.1) is 0 Å². The molecule has 3 rings (SSSR count). The lowest BCUT2D eigenvalue weighted by atomic mass is 9.74. The summed E-state index contributed by atoms with van der Waals surface area (Å²) in [5.74, 6) is -0.738. The van der Waals surface area contributed by atoms with Gasteiger partial charge in [0.05, 0.1) is 5.41 Å². The molecule has 0 saturated carbocycles. The van der Waals surface area contributed by atoms with Crippen LogP contribution in [0.3, 0.4) is 0 Å². The van der Waals surface area contributed by atoms with E-state index in [2.05, 4.69) is 10.7 Å². The van der Waals surface area contributed by atoms with Gasteiger partial charge in [0.2, 0.25) is 17.7 Å². The van der Waals surface area contributed by atoms with Gasteiger partial charge in [-0.05, 0) is 60.2 Å². The van der Waals surface area contributed by atoms with Crippen molar-refractivity contribution in [1.29, 1.82) is 0 Å². The van der Waals surface area contributed by atoms with Crippen molar-refractivity contribution in [1.82, 2.24) is 10.2 Å². The summed E-state index contributed by atoms with van der Waals surface area (Å²) in [4.78, 5) is 40.7. The predicted octanol–water partition coefficient (Wildman–Crippen LogP) is 3.23. The van der Waals surface area contributed by atoms with E-state index in [1.54, 1.807) is 18.4 Å². The Labute approximate surface area is 187 Å². The SMILES string of the molecule is COCCCN1C(=O)C[C@](CC(=O)N[C@H](C)Cc2ccsc2)(c2ccccc2C)C1=O. The number of ether oxygens (including phenoxy) is 1. The third kappa shape index (κ3) is 5.22. The fourth-order valence-electron chi connectivity index (χ4n) is 4.36. The molecule has 2 atom stereocenters. The second-order valence-electron chi connectivity index (χ2n) is 8.25. The molecule has 1 aliphatic rings. The van der Waals surface area contributed by atoms with Gasteiger partial charge in [0.15, 0.2) is 0 Å². The molecule has 0 spiro atoms. The number of methoxy groups -OCH3 is 1. The summed E-state index contributed by atoms with van der Waals surface area (Å²) in [5, 5.41) is 7.10. The van der Waals surface area contributed by atoms with Gasteiger partial charge in [-0.25, -0.2) is 0 Å². The average molecular weight is 443 g/mol. The largest absolute Gasteiger partial charge is 0.385 e. The summed E-state index contributed by atoms with van der Waals surface area (Å²) in [6.45, 7) is 4.64. The van der Waals surface area contributed by atoms with Crippen LogP contribution < -0.4 is 5.32 Å². The van der Waals surface area contributed by atoms with Crippen molar-refractivity contribution < 1.29 is 19.1 Å². The monoisotopic (exact) mass is 442 g/mol. The highest BCUT2D eigenvalue weighted by Gasteiger charge is 2.54. The van der Waals surface area contributed by atoms with Crippen molar-refractivity contribution in [2.45, 2.75) is 51.0 Å². The highest BCUT2D eigenvalue weighted by molar-refractivity contribution is 7.07. The van der Waals surface area contributed by atoms with E-state index in [9.17, 15) is 14.4 Å². The van der Waals surface area contributed by atoms with Crippen LogP contribution in [0.5, 0.6) is 0 Å². The molecule has 3 amide bonds. The number of hydrogen-bond donors (Lipinski definition) is 1. The fourth-order valence-corrected chi connectivity index (χ4v) is 5.04. The van der Waals surface area contributed by atoms with Crippen LogP contribution >= 0.6 is 11.3 Å². The predicted molar refractivity (Wildman–Crippen MR) is 121 cm³/mol. The van der Waals surface area contributed by atoms with Gasteiger partial charge in [-0.3, -0.25) is 19.3 Å². The van der Waals surface area contributed by atoms with Crippen LogP contribution in [0, 0.1) is 6.92 Å². The molecule has 2 aromatic rings. The van der Waals surface area contributed by atoms with Crippen molar-refractivity contribution in [3.8, 4) is 0 Å². The first-order chi connectivity index (χ1) is 14.9. The van der Waals surface area contributed by atoms with Crippen molar-refractivity contribution >= 4 is 29.1 Å². The number of nitrogens with zero attached hydrogens (tertiary/aromatic N) is 1. The van der Waals surface area contributed by atoms with Crippen molar-refractivity contribution in [2.75, 3.05) is 20.3 Å². The molecule has 0 unspecified atom stereocenters.